The van der Waals surface area contributed by atoms with Gasteiger partial charge in [0.25, 0.3) is 0 Å². The van der Waals surface area contributed by atoms with E-state index >= 15 is 0 Å². The van der Waals surface area contributed by atoms with Gasteiger partial charge in [-0.2, -0.15) is 5.10 Å². The quantitative estimate of drug-likeness (QED) is 0.658. The summed E-state index contributed by atoms with van der Waals surface area (Å²) < 4.78 is 7.49. The molecule has 0 N–H and O–H groups in total. The van der Waals surface area contributed by atoms with Crippen molar-refractivity contribution in [1.82, 2.24) is 19.5 Å². The first-order valence-electron chi connectivity index (χ1n) is 9.79. The number of fused-ring (bicyclic) bond motifs is 1. The van der Waals surface area contributed by atoms with Crippen molar-refractivity contribution in [3.8, 4) is 11.3 Å². The van der Waals surface area contributed by atoms with Gasteiger partial charge in [0.1, 0.15) is 5.60 Å². The summed E-state index contributed by atoms with van der Waals surface area (Å²) >= 11 is 0. The van der Waals surface area contributed by atoms with E-state index in [0.717, 1.165) is 42.0 Å². The molecule has 0 unspecified atom stereocenters. The molecule has 4 rings (SSSR count). The highest BCUT2D eigenvalue weighted by Crippen LogP contribution is 2.29. The van der Waals surface area contributed by atoms with Crippen LogP contribution >= 0.6 is 0 Å². The molecule has 0 aliphatic carbocycles. The molecule has 0 spiro atoms. The number of rotatable bonds is 2. The van der Waals surface area contributed by atoms with Crippen LogP contribution in [0.3, 0.4) is 0 Å². The van der Waals surface area contributed by atoms with Gasteiger partial charge in [-0.3, -0.25) is 0 Å². The minimum absolute atomic E-state index is 0.204. The number of hydrogen-bond donors (Lipinski definition) is 0. The molecule has 1 aliphatic heterocycles. The number of carbonyl (C=O) groups excluding carboxylic acids is 1. The molecule has 2 aromatic heterocycles. The average molecular weight is 378 g/mol. The van der Waals surface area contributed by atoms with Crippen LogP contribution in [0.25, 0.3) is 16.9 Å². The molecule has 1 aliphatic rings. The Labute approximate surface area is 165 Å². The van der Waals surface area contributed by atoms with E-state index in [0.29, 0.717) is 6.54 Å². The minimum Gasteiger partial charge on any atom is -0.444 e. The molecule has 1 atom stereocenters. The summed E-state index contributed by atoms with van der Waals surface area (Å²) in [7, 11) is 0. The Morgan fingerprint density at radius 2 is 1.96 bits per heavy atom. The SMILES string of the molecule is CC(C)(C)OC(=O)N1CCC[C@H](c2ccnc3cc(-c4ccccc4)nn23)C1. The Morgan fingerprint density at radius 3 is 2.71 bits per heavy atom. The van der Waals surface area contributed by atoms with Crippen molar-refractivity contribution in [3.05, 3.63) is 54.4 Å². The van der Waals surface area contributed by atoms with Crippen molar-refractivity contribution in [1.29, 1.82) is 0 Å². The van der Waals surface area contributed by atoms with Gasteiger partial charge in [0.2, 0.25) is 0 Å². The van der Waals surface area contributed by atoms with E-state index in [1.165, 1.54) is 0 Å². The highest BCUT2D eigenvalue weighted by atomic mass is 16.6. The number of amides is 1. The first kappa shape index (κ1) is 18.5. The molecule has 3 heterocycles. The molecule has 1 saturated heterocycles. The van der Waals surface area contributed by atoms with Gasteiger partial charge < -0.3 is 9.64 Å². The van der Waals surface area contributed by atoms with Crippen molar-refractivity contribution in [3.63, 3.8) is 0 Å². The summed E-state index contributed by atoms with van der Waals surface area (Å²) in [6.45, 7) is 7.05. The fourth-order valence-corrected chi connectivity index (χ4v) is 3.68. The number of carbonyl (C=O) groups is 1. The summed E-state index contributed by atoms with van der Waals surface area (Å²) in [5.74, 6) is 0.204. The van der Waals surface area contributed by atoms with Crippen LogP contribution in [0.2, 0.25) is 0 Å². The molecule has 1 amide bonds. The van der Waals surface area contributed by atoms with Crippen molar-refractivity contribution in [2.24, 2.45) is 0 Å². The predicted octanol–water partition coefficient (Wildman–Crippen LogP) is 4.51. The summed E-state index contributed by atoms with van der Waals surface area (Å²) in [6.07, 6.45) is 3.54. The maximum atomic E-state index is 12.5. The average Bonchev–Trinajstić information content (AvgIpc) is 3.12. The molecule has 6 nitrogen and oxygen atoms in total. The Morgan fingerprint density at radius 1 is 1.18 bits per heavy atom. The molecule has 3 aromatic rings. The lowest BCUT2D eigenvalue weighted by atomic mass is 9.95. The summed E-state index contributed by atoms with van der Waals surface area (Å²) in [4.78, 5) is 18.8. The molecule has 1 aromatic carbocycles. The molecule has 1 fully saturated rings. The summed E-state index contributed by atoms with van der Waals surface area (Å²) in [5, 5.41) is 4.81. The van der Waals surface area contributed by atoms with Crippen molar-refractivity contribution in [2.45, 2.75) is 45.1 Å². The predicted molar refractivity (Wildman–Crippen MR) is 108 cm³/mol. The van der Waals surface area contributed by atoms with E-state index in [1.807, 2.05) is 78.8 Å². The van der Waals surface area contributed by atoms with Crippen molar-refractivity contribution in [2.75, 3.05) is 13.1 Å². The lowest BCUT2D eigenvalue weighted by molar-refractivity contribution is 0.0196. The standard InChI is InChI=1S/C22H26N4O2/c1-22(2,3)28-21(27)25-13-7-10-17(15-25)19-11-12-23-20-14-18(24-26(19)20)16-8-5-4-6-9-16/h4-6,8-9,11-12,14,17H,7,10,13,15H2,1-3H3/t17-/m0/s1. The second-order valence-electron chi connectivity index (χ2n) is 8.30. The molecule has 0 bridgehead atoms. The fraction of sp³-hybridized carbons (Fsp3) is 0.409. The van der Waals surface area contributed by atoms with Crippen LogP contribution in [0.5, 0.6) is 0 Å². The Kier molecular flexibility index (Phi) is 4.79. The maximum absolute atomic E-state index is 12.5. The maximum Gasteiger partial charge on any atom is 0.410 e. The second-order valence-corrected chi connectivity index (χ2v) is 8.30. The van der Waals surface area contributed by atoms with Gasteiger partial charge in [-0.25, -0.2) is 14.3 Å². The number of likely N-dealkylation sites (tertiary alicyclic amines) is 1. The van der Waals surface area contributed by atoms with Crippen molar-refractivity contribution < 1.29 is 9.53 Å². The number of aromatic nitrogens is 3. The molecular weight excluding hydrogens is 352 g/mol. The Hall–Kier alpha value is -2.89. The van der Waals surface area contributed by atoms with Crippen LogP contribution < -0.4 is 0 Å². The molecule has 0 radical (unpaired) electrons. The zero-order valence-corrected chi connectivity index (χ0v) is 16.6. The summed E-state index contributed by atoms with van der Waals surface area (Å²) in [6, 6.07) is 14.1. The Bertz CT molecular complexity index is 975. The minimum atomic E-state index is -0.486. The third-order valence-electron chi connectivity index (χ3n) is 4.95. The zero-order valence-electron chi connectivity index (χ0n) is 16.6. The van der Waals surface area contributed by atoms with Gasteiger partial charge in [-0.1, -0.05) is 30.3 Å². The van der Waals surface area contributed by atoms with Gasteiger partial charge in [0.15, 0.2) is 5.65 Å². The third-order valence-corrected chi connectivity index (χ3v) is 4.95. The lowest BCUT2D eigenvalue weighted by Crippen LogP contribution is -2.42. The fourth-order valence-electron chi connectivity index (χ4n) is 3.68. The van der Waals surface area contributed by atoms with Crippen LogP contribution in [0, 0.1) is 0 Å². The van der Waals surface area contributed by atoms with E-state index in [1.54, 1.807) is 0 Å². The number of hydrogen-bond acceptors (Lipinski definition) is 4. The topological polar surface area (TPSA) is 59.7 Å². The van der Waals surface area contributed by atoms with E-state index in [4.69, 9.17) is 9.84 Å². The number of benzene rings is 1. The van der Waals surface area contributed by atoms with E-state index in [-0.39, 0.29) is 12.0 Å². The smallest absolute Gasteiger partial charge is 0.410 e. The van der Waals surface area contributed by atoms with Gasteiger partial charge in [0, 0.05) is 36.8 Å². The van der Waals surface area contributed by atoms with E-state index in [2.05, 4.69) is 4.98 Å². The van der Waals surface area contributed by atoms with Crippen LogP contribution in [-0.4, -0.2) is 44.3 Å². The highest BCUT2D eigenvalue weighted by molar-refractivity contribution is 5.68. The largest absolute Gasteiger partial charge is 0.444 e. The van der Waals surface area contributed by atoms with Crippen molar-refractivity contribution >= 4 is 11.7 Å². The normalized spacial score (nSPS) is 17.7. The monoisotopic (exact) mass is 378 g/mol. The zero-order chi connectivity index (χ0) is 19.7. The molecule has 28 heavy (non-hydrogen) atoms. The molecule has 146 valence electrons. The number of piperidine rings is 1. The third kappa shape index (κ3) is 3.86. The lowest BCUT2D eigenvalue weighted by Gasteiger charge is -2.34. The number of ether oxygens (including phenoxy) is 1. The van der Waals surface area contributed by atoms with E-state index < -0.39 is 5.60 Å². The summed E-state index contributed by atoms with van der Waals surface area (Å²) in [5.41, 5.74) is 3.39. The van der Waals surface area contributed by atoms with Gasteiger partial charge in [0.05, 0.1) is 11.4 Å². The number of nitrogens with zero attached hydrogens (tertiary/aromatic N) is 4. The van der Waals surface area contributed by atoms with Crippen LogP contribution in [0.1, 0.15) is 45.2 Å². The Balaban J connectivity index is 1.61. The highest BCUT2D eigenvalue weighted by Gasteiger charge is 2.29. The van der Waals surface area contributed by atoms with Gasteiger partial charge >= 0.3 is 6.09 Å². The van der Waals surface area contributed by atoms with Gasteiger partial charge in [-0.05, 0) is 39.7 Å². The van der Waals surface area contributed by atoms with Gasteiger partial charge in [-0.15, -0.1) is 0 Å². The van der Waals surface area contributed by atoms with E-state index in [9.17, 15) is 4.79 Å². The first-order chi connectivity index (χ1) is 13.4. The first-order valence-corrected chi connectivity index (χ1v) is 9.79. The molecule has 0 saturated carbocycles. The van der Waals surface area contributed by atoms with Crippen LogP contribution in [-0.2, 0) is 4.74 Å². The van der Waals surface area contributed by atoms with Crippen LogP contribution in [0.15, 0.2) is 48.7 Å². The van der Waals surface area contributed by atoms with Crippen LogP contribution in [0.4, 0.5) is 4.79 Å². The molecular formula is C22H26N4O2. The second kappa shape index (κ2) is 7.26. The molecule has 6 heteroatoms.